The van der Waals surface area contributed by atoms with Crippen LogP contribution in [0.1, 0.15) is 11.7 Å². The summed E-state index contributed by atoms with van der Waals surface area (Å²) >= 11 is 0. The first-order chi connectivity index (χ1) is 7.29. The molecule has 6 heteroatoms. The van der Waals surface area contributed by atoms with Gasteiger partial charge >= 0.3 is 0 Å². The van der Waals surface area contributed by atoms with Crippen molar-refractivity contribution < 1.29 is 4.52 Å². The van der Waals surface area contributed by atoms with E-state index < -0.39 is 0 Å². The Labute approximate surface area is 86.5 Å². The zero-order chi connectivity index (χ0) is 10.7. The van der Waals surface area contributed by atoms with Crippen LogP contribution < -0.4 is 5.73 Å². The molecule has 6 nitrogen and oxygen atoms in total. The SMILES string of the molecule is Cc1nccc(-c2noc(CCN)n2)n1. The Morgan fingerprint density at radius 3 is 3.00 bits per heavy atom. The van der Waals surface area contributed by atoms with Gasteiger partial charge in [-0.3, -0.25) is 0 Å². The van der Waals surface area contributed by atoms with E-state index in [9.17, 15) is 0 Å². The fourth-order valence-corrected chi connectivity index (χ4v) is 1.16. The smallest absolute Gasteiger partial charge is 0.228 e. The Balaban J connectivity index is 2.29. The summed E-state index contributed by atoms with van der Waals surface area (Å²) in [7, 11) is 0. The number of rotatable bonds is 3. The topological polar surface area (TPSA) is 90.7 Å². The van der Waals surface area contributed by atoms with E-state index in [4.69, 9.17) is 10.3 Å². The Morgan fingerprint density at radius 1 is 1.40 bits per heavy atom. The lowest BCUT2D eigenvalue weighted by atomic mass is 10.4. The molecule has 2 aromatic heterocycles. The van der Waals surface area contributed by atoms with E-state index in [1.54, 1.807) is 12.3 Å². The van der Waals surface area contributed by atoms with Gasteiger partial charge < -0.3 is 10.3 Å². The van der Waals surface area contributed by atoms with Crippen molar-refractivity contribution in [1.29, 1.82) is 0 Å². The van der Waals surface area contributed by atoms with Gasteiger partial charge in [0.1, 0.15) is 11.5 Å². The number of hydrogen-bond donors (Lipinski definition) is 1. The van der Waals surface area contributed by atoms with Crippen molar-refractivity contribution in [3.8, 4) is 11.5 Å². The van der Waals surface area contributed by atoms with E-state index in [2.05, 4.69) is 20.1 Å². The van der Waals surface area contributed by atoms with Crippen LogP contribution in [0, 0.1) is 6.92 Å². The molecule has 2 N–H and O–H groups in total. The summed E-state index contributed by atoms with van der Waals surface area (Å²) in [5, 5.41) is 3.81. The molecule has 0 fully saturated rings. The molecular weight excluding hydrogens is 194 g/mol. The Bertz CT molecular complexity index is 453. The lowest BCUT2D eigenvalue weighted by Crippen LogP contribution is -2.02. The number of hydrogen-bond acceptors (Lipinski definition) is 6. The first-order valence-electron chi connectivity index (χ1n) is 4.62. The molecule has 0 spiro atoms. The Morgan fingerprint density at radius 2 is 2.27 bits per heavy atom. The fourth-order valence-electron chi connectivity index (χ4n) is 1.16. The summed E-state index contributed by atoms with van der Waals surface area (Å²) in [6.45, 7) is 2.30. The third-order valence-electron chi connectivity index (χ3n) is 1.83. The van der Waals surface area contributed by atoms with E-state index in [0.717, 1.165) is 0 Å². The van der Waals surface area contributed by atoms with Gasteiger partial charge in [0.2, 0.25) is 11.7 Å². The second-order valence-electron chi connectivity index (χ2n) is 3.04. The molecule has 0 amide bonds. The minimum atomic E-state index is 0.476. The number of nitrogens with two attached hydrogens (primary N) is 1. The largest absolute Gasteiger partial charge is 0.339 e. The van der Waals surface area contributed by atoms with Gasteiger partial charge in [-0.1, -0.05) is 5.16 Å². The van der Waals surface area contributed by atoms with Crippen LogP contribution in [0.3, 0.4) is 0 Å². The molecule has 0 atom stereocenters. The maximum absolute atomic E-state index is 5.38. The zero-order valence-corrected chi connectivity index (χ0v) is 8.34. The van der Waals surface area contributed by atoms with Crippen molar-refractivity contribution in [2.24, 2.45) is 5.73 Å². The van der Waals surface area contributed by atoms with Gasteiger partial charge in [0.15, 0.2) is 0 Å². The van der Waals surface area contributed by atoms with Crippen LogP contribution >= 0.6 is 0 Å². The van der Waals surface area contributed by atoms with Gasteiger partial charge in [0, 0.05) is 19.2 Å². The summed E-state index contributed by atoms with van der Waals surface area (Å²) < 4.78 is 5.00. The second kappa shape index (κ2) is 4.14. The van der Waals surface area contributed by atoms with Crippen LogP contribution in [0.5, 0.6) is 0 Å². The highest BCUT2D eigenvalue weighted by atomic mass is 16.5. The highest BCUT2D eigenvalue weighted by Crippen LogP contribution is 2.12. The van der Waals surface area contributed by atoms with Crippen LogP contribution in [0.4, 0.5) is 0 Å². The van der Waals surface area contributed by atoms with E-state index in [0.29, 0.717) is 36.2 Å². The van der Waals surface area contributed by atoms with Crippen molar-refractivity contribution in [3.05, 3.63) is 24.0 Å². The average Bonchev–Trinajstić information content (AvgIpc) is 2.67. The Hall–Kier alpha value is -1.82. The van der Waals surface area contributed by atoms with E-state index >= 15 is 0 Å². The number of nitrogens with zero attached hydrogens (tertiary/aromatic N) is 4. The summed E-state index contributed by atoms with van der Waals surface area (Å²) in [5.41, 5.74) is 6.04. The van der Waals surface area contributed by atoms with E-state index in [1.165, 1.54) is 0 Å². The second-order valence-corrected chi connectivity index (χ2v) is 3.04. The lowest BCUT2D eigenvalue weighted by Gasteiger charge is -1.93. The van der Waals surface area contributed by atoms with Gasteiger partial charge in [-0.15, -0.1) is 0 Å². The maximum atomic E-state index is 5.38. The number of aryl methyl sites for hydroxylation is 1. The molecule has 0 saturated carbocycles. The molecule has 0 radical (unpaired) electrons. The van der Waals surface area contributed by atoms with Crippen LogP contribution in [0.2, 0.25) is 0 Å². The van der Waals surface area contributed by atoms with Crippen molar-refractivity contribution in [1.82, 2.24) is 20.1 Å². The predicted molar refractivity (Wildman–Crippen MR) is 52.8 cm³/mol. The van der Waals surface area contributed by atoms with Crippen LogP contribution in [0.25, 0.3) is 11.5 Å². The minimum absolute atomic E-state index is 0.476. The molecule has 2 rings (SSSR count). The quantitative estimate of drug-likeness (QED) is 0.776. The minimum Gasteiger partial charge on any atom is -0.339 e. The Kier molecular flexibility index (Phi) is 2.68. The van der Waals surface area contributed by atoms with Crippen LogP contribution in [-0.4, -0.2) is 26.7 Å². The molecule has 0 aliphatic heterocycles. The van der Waals surface area contributed by atoms with Gasteiger partial charge in [-0.2, -0.15) is 4.98 Å². The molecule has 0 aliphatic carbocycles. The highest BCUT2D eigenvalue weighted by molar-refractivity contribution is 5.46. The monoisotopic (exact) mass is 205 g/mol. The van der Waals surface area contributed by atoms with Gasteiger partial charge in [-0.25, -0.2) is 9.97 Å². The van der Waals surface area contributed by atoms with Gasteiger partial charge in [-0.05, 0) is 13.0 Å². The van der Waals surface area contributed by atoms with Crippen LogP contribution in [-0.2, 0) is 6.42 Å². The summed E-state index contributed by atoms with van der Waals surface area (Å²) in [6.07, 6.45) is 2.24. The fraction of sp³-hybridized carbons (Fsp3) is 0.333. The van der Waals surface area contributed by atoms with Crippen molar-refractivity contribution in [2.75, 3.05) is 6.54 Å². The van der Waals surface area contributed by atoms with Crippen molar-refractivity contribution in [3.63, 3.8) is 0 Å². The van der Waals surface area contributed by atoms with Crippen molar-refractivity contribution in [2.45, 2.75) is 13.3 Å². The average molecular weight is 205 g/mol. The summed E-state index contributed by atoms with van der Waals surface area (Å²) in [6, 6.07) is 1.74. The van der Waals surface area contributed by atoms with Crippen LogP contribution in [0.15, 0.2) is 16.8 Å². The molecule has 0 bridgehead atoms. The summed E-state index contributed by atoms with van der Waals surface area (Å²) in [5.74, 6) is 1.69. The molecule has 0 aliphatic rings. The zero-order valence-electron chi connectivity index (χ0n) is 8.34. The molecule has 78 valence electrons. The van der Waals surface area contributed by atoms with E-state index in [-0.39, 0.29) is 0 Å². The van der Waals surface area contributed by atoms with Crippen molar-refractivity contribution >= 4 is 0 Å². The standard InChI is InChI=1S/C9H11N5O/c1-6-11-5-3-7(12-6)9-13-8(2-4-10)15-14-9/h3,5H,2,4,10H2,1H3. The molecule has 2 aromatic rings. The van der Waals surface area contributed by atoms with Gasteiger partial charge in [0.05, 0.1) is 0 Å². The normalized spacial score (nSPS) is 10.5. The van der Waals surface area contributed by atoms with E-state index in [1.807, 2.05) is 6.92 Å². The third kappa shape index (κ3) is 2.16. The molecular formula is C9H11N5O. The third-order valence-corrected chi connectivity index (χ3v) is 1.83. The molecule has 15 heavy (non-hydrogen) atoms. The maximum Gasteiger partial charge on any atom is 0.228 e. The lowest BCUT2D eigenvalue weighted by molar-refractivity contribution is 0.380. The molecule has 0 unspecified atom stereocenters. The summed E-state index contributed by atoms with van der Waals surface area (Å²) in [4.78, 5) is 12.3. The molecule has 0 saturated heterocycles. The molecule has 0 aromatic carbocycles. The van der Waals surface area contributed by atoms with Gasteiger partial charge in [0.25, 0.3) is 0 Å². The number of aromatic nitrogens is 4. The molecule has 2 heterocycles. The predicted octanol–water partition coefficient (Wildman–Crippen LogP) is 0.336. The first kappa shape index (κ1) is 9.72. The highest BCUT2D eigenvalue weighted by Gasteiger charge is 2.08. The first-order valence-corrected chi connectivity index (χ1v) is 4.62.